The quantitative estimate of drug-likeness (QED) is 0.781. The zero-order valence-corrected chi connectivity index (χ0v) is 11.3. The lowest BCUT2D eigenvalue weighted by molar-refractivity contribution is 0.313. The van der Waals surface area contributed by atoms with Crippen LogP contribution in [0.2, 0.25) is 0 Å². The second-order valence-corrected chi connectivity index (χ2v) is 5.58. The molecule has 2 nitrogen and oxygen atoms in total. The van der Waals surface area contributed by atoms with Crippen molar-refractivity contribution in [3.8, 4) is 6.07 Å². The molecule has 0 unspecified atom stereocenters. The molecule has 86 valence electrons. The van der Waals surface area contributed by atoms with Crippen molar-refractivity contribution in [1.82, 2.24) is 4.40 Å². The third kappa shape index (κ3) is 1.31. The van der Waals surface area contributed by atoms with Crippen molar-refractivity contribution >= 4 is 21.4 Å². The fraction of sp³-hybridized carbons (Fsp3) is 0.357. The highest BCUT2D eigenvalue weighted by Gasteiger charge is 2.42. The van der Waals surface area contributed by atoms with E-state index in [9.17, 15) is 5.26 Å². The molecule has 1 fully saturated rings. The molecule has 0 amide bonds. The summed E-state index contributed by atoms with van der Waals surface area (Å²) in [5.74, 6) is 0. The lowest BCUT2D eigenvalue weighted by Gasteiger charge is -2.35. The highest BCUT2D eigenvalue weighted by atomic mass is 79.9. The standard InChI is InChI=1S/C14H13BrN2/c1-10-12(15)11-5-2-3-8-17(11)13(10)14(9-16)6-4-7-14/h2-3,5,8H,4,6-7H2,1H3. The lowest BCUT2D eigenvalue weighted by atomic mass is 9.67. The van der Waals surface area contributed by atoms with Gasteiger partial charge in [-0.1, -0.05) is 6.07 Å². The minimum atomic E-state index is -0.264. The van der Waals surface area contributed by atoms with E-state index in [1.807, 2.05) is 12.1 Å². The van der Waals surface area contributed by atoms with E-state index in [1.165, 1.54) is 11.3 Å². The van der Waals surface area contributed by atoms with Crippen molar-refractivity contribution in [3.05, 3.63) is 40.1 Å². The summed E-state index contributed by atoms with van der Waals surface area (Å²) in [6, 6.07) is 8.67. The van der Waals surface area contributed by atoms with Crippen LogP contribution in [0.25, 0.3) is 5.52 Å². The van der Waals surface area contributed by atoms with Crippen molar-refractivity contribution in [3.63, 3.8) is 0 Å². The molecule has 3 heteroatoms. The molecule has 0 bridgehead atoms. The molecule has 1 aliphatic carbocycles. The molecule has 0 aliphatic heterocycles. The summed E-state index contributed by atoms with van der Waals surface area (Å²) < 4.78 is 3.29. The first-order valence-electron chi connectivity index (χ1n) is 5.86. The smallest absolute Gasteiger partial charge is 0.0979 e. The average Bonchev–Trinajstić information content (AvgIpc) is 2.55. The maximum absolute atomic E-state index is 9.50. The number of rotatable bonds is 1. The fourth-order valence-corrected chi connectivity index (χ4v) is 3.33. The van der Waals surface area contributed by atoms with Gasteiger partial charge < -0.3 is 4.40 Å². The Labute approximate surface area is 109 Å². The molecule has 0 radical (unpaired) electrons. The summed E-state index contributed by atoms with van der Waals surface area (Å²) in [5.41, 5.74) is 3.27. The first-order chi connectivity index (χ1) is 8.19. The Morgan fingerprint density at radius 2 is 2.18 bits per heavy atom. The fourth-order valence-electron chi connectivity index (χ4n) is 2.82. The maximum atomic E-state index is 9.50. The van der Waals surface area contributed by atoms with Crippen molar-refractivity contribution in [2.45, 2.75) is 31.6 Å². The second kappa shape index (κ2) is 3.61. The number of hydrogen-bond donors (Lipinski definition) is 0. The highest BCUT2D eigenvalue weighted by molar-refractivity contribution is 9.10. The summed E-state index contributed by atoms with van der Waals surface area (Å²) >= 11 is 3.65. The molecule has 1 aliphatic rings. The minimum Gasteiger partial charge on any atom is -0.318 e. The summed E-state index contributed by atoms with van der Waals surface area (Å²) in [6.07, 6.45) is 5.18. The zero-order valence-electron chi connectivity index (χ0n) is 9.70. The van der Waals surface area contributed by atoms with Crippen LogP contribution in [0.5, 0.6) is 0 Å². The lowest BCUT2D eigenvalue weighted by Crippen LogP contribution is -2.34. The van der Waals surface area contributed by atoms with Crippen LogP contribution in [0, 0.1) is 18.3 Å². The highest BCUT2D eigenvalue weighted by Crippen LogP contribution is 2.47. The van der Waals surface area contributed by atoms with E-state index in [4.69, 9.17) is 0 Å². The van der Waals surface area contributed by atoms with Crippen LogP contribution in [-0.2, 0) is 5.41 Å². The Bertz CT molecular complexity index is 629. The Morgan fingerprint density at radius 1 is 1.41 bits per heavy atom. The number of fused-ring (bicyclic) bond motifs is 1. The molecule has 0 atom stereocenters. The Hall–Kier alpha value is -1.27. The average molecular weight is 289 g/mol. The van der Waals surface area contributed by atoms with Gasteiger partial charge in [-0.15, -0.1) is 0 Å². The molecule has 0 spiro atoms. The molecule has 2 aromatic rings. The van der Waals surface area contributed by atoms with E-state index < -0.39 is 0 Å². The number of aromatic nitrogens is 1. The van der Waals surface area contributed by atoms with Gasteiger partial charge in [0.05, 0.1) is 17.0 Å². The zero-order chi connectivity index (χ0) is 12.0. The van der Waals surface area contributed by atoms with E-state index in [-0.39, 0.29) is 5.41 Å². The normalized spacial score (nSPS) is 17.7. The largest absolute Gasteiger partial charge is 0.318 e. The van der Waals surface area contributed by atoms with Gasteiger partial charge in [-0.3, -0.25) is 0 Å². The number of nitriles is 1. The predicted molar refractivity (Wildman–Crippen MR) is 71.0 cm³/mol. The number of hydrogen-bond acceptors (Lipinski definition) is 1. The van der Waals surface area contributed by atoms with Crippen molar-refractivity contribution in [1.29, 1.82) is 5.26 Å². The molecule has 17 heavy (non-hydrogen) atoms. The van der Waals surface area contributed by atoms with E-state index >= 15 is 0 Å². The summed E-state index contributed by atoms with van der Waals surface area (Å²) in [5, 5.41) is 9.50. The molecule has 0 saturated heterocycles. The third-order valence-corrected chi connectivity index (χ3v) is 4.89. The molecular formula is C14H13BrN2. The van der Waals surface area contributed by atoms with Gasteiger partial charge in [0.15, 0.2) is 0 Å². The summed E-state index contributed by atoms with van der Waals surface area (Å²) in [4.78, 5) is 0. The van der Waals surface area contributed by atoms with Crippen molar-refractivity contribution in [2.24, 2.45) is 0 Å². The summed E-state index contributed by atoms with van der Waals surface area (Å²) in [6.45, 7) is 2.10. The Balaban J connectivity index is 2.37. The molecule has 2 aromatic heterocycles. The van der Waals surface area contributed by atoms with Crippen LogP contribution in [0.4, 0.5) is 0 Å². The van der Waals surface area contributed by atoms with Gasteiger partial charge in [-0.05, 0) is 59.8 Å². The number of halogens is 1. The van der Waals surface area contributed by atoms with Gasteiger partial charge in [0.1, 0.15) is 0 Å². The van der Waals surface area contributed by atoms with Gasteiger partial charge in [0, 0.05) is 16.4 Å². The SMILES string of the molecule is Cc1c(Br)c2ccccn2c1C1(C#N)CCC1. The van der Waals surface area contributed by atoms with Crippen LogP contribution in [-0.4, -0.2) is 4.40 Å². The summed E-state index contributed by atoms with van der Waals surface area (Å²) in [7, 11) is 0. The van der Waals surface area contributed by atoms with Gasteiger partial charge in [-0.25, -0.2) is 0 Å². The molecule has 1 saturated carbocycles. The number of nitrogens with zero attached hydrogens (tertiary/aromatic N) is 2. The van der Waals surface area contributed by atoms with Gasteiger partial charge in [-0.2, -0.15) is 5.26 Å². The topological polar surface area (TPSA) is 28.2 Å². The van der Waals surface area contributed by atoms with Crippen LogP contribution in [0.1, 0.15) is 30.5 Å². The van der Waals surface area contributed by atoms with Gasteiger partial charge in [0.25, 0.3) is 0 Å². The van der Waals surface area contributed by atoms with Crippen LogP contribution >= 0.6 is 15.9 Å². The molecular weight excluding hydrogens is 276 g/mol. The maximum Gasteiger partial charge on any atom is 0.0979 e. The van der Waals surface area contributed by atoms with Crippen molar-refractivity contribution < 1.29 is 0 Å². The van der Waals surface area contributed by atoms with E-state index in [0.29, 0.717) is 0 Å². The van der Waals surface area contributed by atoms with Crippen molar-refractivity contribution in [2.75, 3.05) is 0 Å². The second-order valence-electron chi connectivity index (χ2n) is 4.79. The van der Waals surface area contributed by atoms with Crippen LogP contribution in [0.3, 0.4) is 0 Å². The van der Waals surface area contributed by atoms with E-state index in [1.54, 1.807) is 0 Å². The molecule has 3 rings (SSSR count). The number of pyridine rings is 1. The van der Waals surface area contributed by atoms with E-state index in [2.05, 4.69) is 45.6 Å². The predicted octanol–water partition coefficient (Wildman–Crippen LogP) is 3.96. The first kappa shape index (κ1) is 10.9. The molecule has 0 aromatic carbocycles. The van der Waals surface area contributed by atoms with Crippen LogP contribution in [0.15, 0.2) is 28.9 Å². The monoisotopic (exact) mass is 288 g/mol. The van der Waals surface area contributed by atoms with E-state index in [0.717, 1.165) is 29.3 Å². The molecule has 2 heterocycles. The van der Waals surface area contributed by atoms with Gasteiger partial charge >= 0.3 is 0 Å². The van der Waals surface area contributed by atoms with Crippen LogP contribution < -0.4 is 0 Å². The molecule has 0 N–H and O–H groups in total. The third-order valence-electron chi connectivity index (χ3n) is 3.88. The Morgan fingerprint density at radius 3 is 2.76 bits per heavy atom. The Kier molecular flexibility index (Phi) is 2.31. The minimum absolute atomic E-state index is 0.264. The first-order valence-corrected chi connectivity index (χ1v) is 6.66. The van der Waals surface area contributed by atoms with Gasteiger partial charge in [0.2, 0.25) is 0 Å².